The fourth-order valence-electron chi connectivity index (χ4n) is 2.16. The van der Waals surface area contributed by atoms with Gasteiger partial charge in [0.25, 0.3) is 0 Å². The molecule has 24 heavy (non-hydrogen) atoms. The van der Waals surface area contributed by atoms with Gasteiger partial charge in [-0.2, -0.15) is 0 Å². The molecule has 0 aliphatic carbocycles. The van der Waals surface area contributed by atoms with Gasteiger partial charge < -0.3 is 14.6 Å². The zero-order chi connectivity index (χ0) is 17.7. The van der Waals surface area contributed by atoms with Crippen LogP contribution in [0.4, 0.5) is 0 Å². The number of ether oxygens (including phenoxy) is 2. The van der Waals surface area contributed by atoms with Crippen LogP contribution in [-0.4, -0.2) is 35.9 Å². The van der Waals surface area contributed by atoms with E-state index < -0.39 is 11.9 Å². The van der Waals surface area contributed by atoms with Gasteiger partial charge in [-0.3, -0.25) is 9.59 Å². The largest absolute Gasteiger partial charge is 0.493 e. The van der Waals surface area contributed by atoms with Gasteiger partial charge in [-0.05, 0) is 23.9 Å². The van der Waals surface area contributed by atoms with Crippen LogP contribution in [0.15, 0.2) is 18.2 Å². The molecule has 7 heteroatoms. The van der Waals surface area contributed by atoms with E-state index in [1.54, 1.807) is 13.2 Å². The molecule has 130 valence electrons. The van der Waals surface area contributed by atoms with Gasteiger partial charge in [-0.25, -0.2) is 0 Å². The van der Waals surface area contributed by atoms with E-state index in [0.717, 1.165) is 21.8 Å². The lowest BCUT2D eigenvalue weighted by Crippen LogP contribution is -2.13. The first-order valence-corrected chi connectivity index (χ1v) is 9.46. The molecule has 0 aliphatic heterocycles. The molecule has 5 nitrogen and oxygen atoms in total. The number of hydrogen-bond acceptors (Lipinski definition) is 5. The van der Waals surface area contributed by atoms with Gasteiger partial charge in [0, 0.05) is 22.5 Å². The summed E-state index contributed by atoms with van der Waals surface area (Å²) in [6, 6.07) is 5.49. The summed E-state index contributed by atoms with van der Waals surface area (Å²) >= 11 is 4.70. The van der Waals surface area contributed by atoms with E-state index in [1.165, 1.54) is 18.3 Å². The molecule has 0 amide bonds. The predicted octanol–water partition coefficient (Wildman–Crippen LogP) is 4.37. The van der Waals surface area contributed by atoms with E-state index in [4.69, 9.17) is 14.6 Å². The first-order valence-electron chi connectivity index (χ1n) is 7.52. The lowest BCUT2D eigenvalue weighted by atomic mass is 10.0. The highest BCUT2D eigenvalue weighted by Gasteiger charge is 2.19. The minimum Gasteiger partial charge on any atom is -0.493 e. The second-order valence-electron chi connectivity index (χ2n) is 5.41. The number of carboxylic acids is 1. The summed E-state index contributed by atoms with van der Waals surface area (Å²) in [6.07, 6.45) is 0.871. The maximum Gasteiger partial charge on any atom is 0.306 e. The highest BCUT2D eigenvalue weighted by atomic mass is 79.9. The Hall–Kier alpha value is -1.60. The maximum absolute atomic E-state index is 12.3. The first-order chi connectivity index (χ1) is 11.5. The summed E-state index contributed by atoms with van der Waals surface area (Å²) in [4.78, 5) is 23.7. The third-order valence-electron chi connectivity index (χ3n) is 3.53. The fourth-order valence-corrected chi connectivity index (χ4v) is 3.41. The van der Waals surface area contributed by atoms with Crippen molar-refractivity contribution in [1.82, 2.24) is 0 Å². The second kappa shape index (κ2) is 8.48. The number of carbonyl (C=O) groups excluding carboxylic acids is 1. The van der Waals surface area contributed by atoms with Gasteiger partial charge in [-0.1, -0.05) is 22.9 Å². The Balaban J connectivity index is 2.26. The van der Waals surface area contributed by atoms with Crippen molar-refractivity contribution in [2.75, 3.05) is 19.0 Å². The van der Waals surface area contributed by atoms with Gasteiger partial charge >= 0.3 is 5.97 Å². The molecule has 1 aromatic carbocycles. The van der Waals surface area contributed by atoms with Crippen molar-refractivity contribution < 1.29 is 24.2 Å². The maximum atomic E-state index is 12.3. The van der Waals surface area contributed by atoms with Crippen molar-refractivity contribution >= 4 is 49.1 Å². The number of ketones is 1. The summed E-state index contributed by atoms with van der Waals surface area (Å²) in [5.41, 5.74) is 0. The second-order valence-corrected chi connectivity index (χ2v) is 7.29. The molecule has 0 spiro atoms. The summed E-state index contributed by atoms with van der Waals surface area (Å²) in [5.74, 6) is -0.556. The molecule has 0 saturated heterocycles. The normalized spacial score (nSPS) is 12.1. The monoisotopic (exact) mass is 414 g/mol. The smallest absolute Gasteiger partial charge is 0.306 e. The molecule has 1 N–H and O–H groups in total. The van der Waals surface area contributed by atoms with Crippen LogP contribution in [0.5, 0.6) is 11.5 Å². The third-order valence-corrected chi connectivity index (χ3v) is 5.23. The molecule has 2 rings (SSSR count). The molecule has 1 aromatic heterocycles. The molecule has 0 bridgehead atoms. The van der Waals surface area contributed by atoms with Gasteiger partial charge in [0.05, 0.1) is 24.5 Å². The van der Waals surface area contributed by atoms with Crippen molar-refractivity contribution in [3.8, 4) is 11.5 Å². The number of aliphatic carboxylic acids is 1. The number of thiophene rings is 1. The van der Waals surface area contributed by atoms with Gasteiger partial charge in [0.1, 0.15) is 0 Å². The molecule has 0 radical (unpaired) electrons. The molecule has 0 fully saturated rings. The minimum absolute atomic E-state index is 0.00605. The Morgan fingerprint density at radius 2 is 2.04 bits per heavy atom. The van der Waals surface area contributed by atoms with Gasteiger partial charge in [0.2, 0.25) is 0 Å². The van der Waals surface area contributed by atoms with Crippen LogP contribution >= 0.6 is 27.3 Å². The van der Waals surface area contributed by atoms with E-state index in [0.29, 0.717) is 23.0 Å². The lowest BCUT2D eigenvalue weighted by molar-refractivity contribution is -0.141. The molecule has 0 aliphatic rings. The first kappa shape index (κ1) is 18.7. The van der Waals surface area contributed by atoms with Gasteiger partial charge in [-0.15, -0.1) is 11.3 Å². The number of carbonyl (C=O) groups is 2. The predicted molar refractivity (Wildman–Crippen MR) is 98.0 cm³/mol. The van der Waals surface area contributed by atoms with Crippen molar-refractivity contribution in [2.24, 2.45) is 5.92 Å². The van der Waals surface area contributed by atoms with E-state index >= 15 is 0 Å². The van der Waals surface area contributed by atoms with E-state index in [1.807, 2.05) is 12.1 Å². The Bertz CT molecular complexity index is 740. The van der Waals surface area contributed by atoms with Crippen molar-refractivity contribution in [2.45, 2.75) is 19.8 Å². The fraction of sp³-hybridized carbons (Fsp3) is 0.412. The van der Waals surface area contributed by atoms with Crippen LogP contribution in [0.25, 0.3) is 10.1 Å². The van der Waals surface area contributed by atoms with Gasteiger partial charge in [0.15, 0.2) is 17.3 Å². The number of benzene rings is 1. The summed E-state index contributed by atoms with van der Waals surface area (Å²) < 4.78 is 12.0. The third kappa shape index (κ3) is 4.48. The number of carboxylic acid groups (broad SMARTS) is 1. The quantitative estimate of drug-likeness (QED) is 0.374. The Morgan fingerprint density at radius 3 is 2.67 bits per heavy atom. The van der Waals surface area contributed by atoms with Crippen LogP contribution < -0.4 is 9.47 Å². The SMILES string of the molecule is COc1cc2sc(C(=O)C[C@H](C)C(=O)O)cc2cc1OCCCBr. The molecule has 1 atom stereocenters. The van der Waals surface area contributed by atoms with Crippen LogP contribution in [-0.2, 0) is 4.79 Å². The Kier molecular flexibility index (Phi) is 6.62. The standard InChI is InChI=1S/C17H19BrO5S/c1-10(17(20)21)6-12(19)16-8-11-7-14(23-5-3-4-18)13(22-2)9-15(11)24-16/h7-10H,3-6H2,1-2H3,(H,20,21)/t10-/m0/s1. The van der Waals surface area contributed by atoms with Crippen molar-refractivity contribution in [1.29, 1.82) is 0 Å². The van der Waals surface area contributed by atoms with Crippen LogP contribution in [0.2, 0.25) is 0 Å². The molecular weight excluding hydrogens is 396 g/mol. The van der Waals surface area contributed by atoms with Crippen LogP contribution in [0.3, 0.4) is 0 Å². The Morgan fingerprint density at radius 1 is 1.29 bits per heavy atom. The summed E-state index contributed by atoms with van der Waals surface area (Å²) in [5, 5.41) is 10.7. The van der Waals surface area contributed by atoms with Crippen molar-refractivity contribution in [3.63, 3.8) is 0 Å². The van der Waals surface area contributed by atoms with Crippen molar-refractivity contribution in [3.05, 3.63) is 23.1 Å². The molecule has 2 aromatic rings. The highest BCUT2D eigenvalue weighted by Crippen LogP contribution is 2.37. The average Bonchev–Trinajstić information content (AvgIpc) is 2.97. The van der Waals surface area contributed by atoms with E-state index in [2.05, 4.69) is 15.9 Å². The van der Waals surface area contributed by atoms with Crippen LogP contribution in [0.1, 0.15) is 29.4 Å². The van der Waals surface area contributed by atoms with Crippen LogP contribution in [0, 0.1) is 5.92 Å². The molecule has 0 unspecified atom stereocenters. The zero-order valence-electron chi connectivity index (χ0n) is 13.5. The number of rotatable bonds is 9. The lowest BCUT2D eigenvalue weighted by Gasteiger charge is -2.10. The number of halogens is 1. The zero-order valence-corrected chi connectivity index (χ0v) is 15.9. The van der Waals surface area contributed by atoms with E-state index in [9.17, 15) is 9.59 Å². The number of Topliss-reactive ketones (excluding diaryl/α,β-unsaturated/α-hetero) is 1. The summed E-state index contributed by atoms with van der Waals surface area (Å²) in [7, 11) is 1.58. The number of hydrogen-bond donors (Lipinski definition) is 1. The minimum atomic E-state index is -0.964. The highest BCUT2D eigenvalue weighted by molar-refractivity contribution is 9.09. The Labute approximate surface area is 152 Å². The topological polar surface area (TPSA) is 72.8 Å². The molecule has 1 heterocycles. The molecular formula is C17H19BrO5S. The average molecular weight is 415 g/mol. The number of alkyl halides is 1. The number of methoxy groups -OCH3 is 1. The van der Waals surface area contributed by atoms with E-state index in [-0.39, 0.29) is 12.2 Å². The summed E-state index contributed by atoms with van der Waals surface area (Å²) in [6.45, 7) is 2.10. The number of fused-ring (bicyclic) bond motifs is 1. The molecule has 0 saturated carbocycles.